The van der Waals surface area contributed by atoms with E-state index in [1.54, 1.807) is 25.4 Å². The minimum absolute atomic E-state index is 0.0189. The van der Waals surface area contributed by atoms with Gasteiger partial charge in [0.2, 0.25) is 0 Å². The van der Waals surface area contributed by atoms with Gasteiger partial charge in [0.15, 0.2) is 9.84 Å². The fraction of sp³-hybridized carbons (Fsp3) is 0.583. The van der Waals surface area contributed by atoms with E-state index in [9.17, 15) is 8.42 Å². The van der Waals surface area contributed by atoms with E-state index < -0.39 is 9.84 Å². The number of anilines is 1. The van der Waals surface area contributed by atoms with Crippen molar-refractivity contribution in [3.63, 3.8) is 0 Å². The lowest BCUT2D eigenvalue weighted by atomic mass is 10.1. The zero-order valence-electron chi connectivity index (χ0n) is 11.2. The molecule has 1 heterocycles. The molecular formula is C12H20N2O3S. The summed E-state index contributed by atoms with van der Waals surface area (Å²) in [5.41, 5.74) is 0. The molecule has 0 saturated carbocycles. The van der Waals surface area contributed by atoms with E-state index in [1.807, 2.05) is 13.8 Å². The molecule has 1 atom stereocenters. The number of rotatable bonds is 6. The molecule has 0 radical (unpaired) electrons. The van der Waals surface area contributed by atoms with Crippen LogP contribution in [0.1, 0.15) is 13.8 Å². The fourth-order valence-electron chi connectivity index (χ4n) is 1.55. The average Bonchev–Trinajstić information content (AvgIpc) is 2.27. The number of hydrogen-bond acceptors (Lipinski definition) is 5. The van der Waals surface area contributed by atoms with Gasteiger partial charge >= 0.3 is 0 Å². The summed E-state index contributed by atoms with van der Waals surface area (Å²) >= 11 is 0. The predicted molar refractivity (Wildman–Crippen MR) is 71.5 cm³/mol. The third-order valence-electron chi connectivity index (χ3n) is 2.64. The van der Waals surface area contributed by atoms with Gasteiger partial charge in [0.05, 0.1) is 12.6 Å². The Bertz CT molecular complexity index is 486. The number of aromatic nitrogens is 1. The van der Waals surface area contributed by atoms with Gasteiger partial charge in [-0.3, -0.25) is 0 Å². The largest absolute Gasteiger partial charge is 0.383 e. The maximum Gasteiger partial charge on any atom is 0.179 e. The lowest BCUT2D eigenvalue weighted by Crippen LogP contribution is -2.31. The van der Waals surface area contributed by atoms with Gasteiger partial charge < -0.3 is 10.1 Å². The highest BCUT2D eigenvalue weighted by Crippen LogP contribution is 2.20. The lowest BCUT2D eigenvalue weighted by molar-refractivity contribution is 0.171. The average molecular weight is 272 g/mol. The van der Waals surface area contributed by atoms with Crippen molar-refractivity contribution in [1.29, 1.82) is 0 Å². The van der Waals surface area contributed by atoms with Crippen LogP contribution in [0.4, 0.5) is 5.82 Å². The molecule has 1 aromatic rings. The van der Waals surface area contributed by atoms with Crippen LogP contribution >= 0.6 is 0 Å². The summed E-state index contributed by atoms with van der Waals surface area (Å²) in [6.07, 6.45) is 2.75. The summed E-state index contributed by atoms with van der Waals surface area (Å²) in [7, 11) is -1.67. The van der Waals surface area contributed by atoms with E-state index in [0.717, 1.165) is 0 Å². The van der Waals surface area contributed by atoms with Crippen LogP contribution in [0.5, 0.6) is 0 Å². The molecule has 0 saturated heterocycles. The first kappa shape index (κ1) is 14.9. The van der Waals surface area contributed by atoms with Crippen LogP contribution in [0.25, 0.3) is 0 Å². The van der Waals surface area contributed by atoms with Gasteiger partial charge in [0, 0.05) is 19.6 Å². The lowest BCUT2D eigenvalue weighted by Gasteiger charge is -2.23. The van der Waals surface area contributed by atoms with Gasteiger partial charge in [-0.1, -0.05) is 13.8 Å². The van der Waals surface area contributed by atoms with Crippen molar-refractivity contribution in [1.82, 2.24) is 4.98 Å². The molecule has 0 aliphatic rings. The first-order chi connectivity index (χ1) is 8.36. The van der Waals surface area contributed by atoms with Crippen LogP contribution < -0.4 is 5.32 Å². The van der Waals surface area contributed by atoms with E-state index in [0.29, 0.717) is 18.3 Å². The number of ether oxygens (including phenoxy) is 1. The summed E-state index contributed by atoms with van der Waals surface area (Å²) in [5, 5.41) is 3.14. The Hall–Kier alpha value is -1.14. The Morgan fingerprint density at radius 3 is 2.61 bits per heavy atom. The molecule has 1 N–H and O–H groups in total. The van der Waals surface area contributed by atoms with E-state index in [1.165, 1.54) is 6.26 Å². The number of methoxy groups -OCH3 is 1. The minimum Gasteiger partial charge on any atom is -0.383 e. The molecule has 0 aliphatic heterocycles. The Kier molecular flexibility index (Phi) is 5.10. The second kappa shape index (κ2) is 6.15. The van der Waals surface area contributed by atoms with E-state index in [-0.39, 0.29) is 10.9 Å². The normalized spacial score (nSPS) is 13.6. The molecule has 0 spiro atoms. The molecule has 1 rings (SSSR count). The second-order valence-electron chi connectivity index (χ2n) is 4.57. The fourth-order valence-corrected chi connectivity index (χ4v) is 2.34. The van der Waals surface area contributed by atoms with Crippen molar-refractivity contribution in [2.45, 2.75) is 24.8 Å². The quantitative estimate of drug-likeness (QED) is 0.851. The van der Waals surface area contributed by atoms with E-state index in [2.05, 4.69) is 10.3 Å². The first-order valence-electron chi connectivity index (χ1n) is 5.76. The molecule has 0 fully saturated rings. The Labute approximate surface area is 108 Å². The molecule has 18 heavy (non-hydrogen) atoms. The standard InChI is InChI=1S/C12H20N2O3S/c1-9(2)10(8-17-3)14-12-11(18(4,15)16)6-5-7-13-12/h5-7,9-10H,8H2,1-4H3,(H,13,14). The number of hydrogen-bond donors (Lipinski definition) is 1. The number of nitrogens with one attached hydrogen (secondary N) is 1. The van der Waals surface area contributed by atoms with Gasteiger partial charge in [-0.05, 0) is 18.1 Å². The molecule has 102 valence electrons. The Morgan fingerprint density at radius 1 is 1.44 bits per heavy atom. The SMILES string of the molecule is COCC(Nc1ncccc1S(C)(=O)=O)C(C)C. The summed E-state index contributed by atoms with van der Waals surface area (Å²) in [6, 6.07) is 3.18. The van der Waals surface area contributed by atoms with Crippen LogP contribution in [-0.2, 0) is 14.6 Å². The van der Waals surface area contributed by atoms with Gasteiger partial charge in [-0.25, -0.2) is 13.4 Å². The molecule has 0 bridgehead atoms. The second-order valence-corrected chi connectivity index (χ2v) is 6.56. The van der Waals surface area contributed by atoms with Crippen molar-refractivity contribution in [2.24, 2.45) is 5.92 Å². The van der Waals surface area contributed by atoms with Crippen LogP contribution in [0.2, 0.25) is 0 Å². The van der Waals surface area contributed by atoms with Crippen molar-refractivity contribution in [2.75, 3.05) is 25.3 Å². The maximum absolute atomic E-state index is 11.7. The van der Waals surface area contributed by atoms with E-state index in [4.69, 9.17) is 4.74 Å². The van der Waals surface area contributed by atoms with Gasteiger partial charge in [0.25, 0.3) is 0 Å². The van der Waals surface area contributed by atoms with E-state index >= 15 is 0 Å². The summed E-state index contributed by atoms with van der Waals surface area (Å²) in [5.74, 6) is 0.690. The number of pyridine rings is 1. The summed E-state index contributed by atoms with van der Waals surface area (Å²) in [6.45, 7) is 4.58. The highest BCUT2D eigenvalue weighted by atomic mass is 32.2. The van der Waals surface area contributed by atoms with Crippen LogP contribution in [0, 0.1) is 5.92 Å². The third-order valence-corrected chi connectivity index (χ3v) is 3.77. The van der Waals surface area contributed by atoms with Crippen molar-refractivity contribution in [3.05, 3.63) is 18.3 Å². The zero-order chi connectivity index (χ0) is 13.8. The molecule has 1 unspecified atom stereocenters. The molecule has 0 aliphatic carbocycles. The molecule has 5 nitrogen and oxygen atoms in total. The first-order valence-corrected chi connectivity index (χ1v) is 7.66. The van der Waals surface area contributed by atoms with Gasteiger partial charge in [-0.2, -0.15) is 0 Å². The highest BCUT2D eigenvalue weighted by Gasteiger charge is 2.19. The summed E-state index contributed by atoms with van der Waals surface area (Å²) in [4.78, 5) is 4.32. The predicted octanol–water partition coefficient (Wildman–Crippen LogP) is 1.57. The van der Waals surface area contributed by atoms with Crippen molar-refractivity contribution in [3.8, 4) is 0 Å². The molecule has 6 heteroatoms. The molecular weight excluding hydrogens is 252 g/mol. The van der Waals surface area contributed by atoms with Crippen LogP contribution in [-0.4, -0.2) is 39.4 Å². The zero-order valence-corrected chi connectivity index (χ0v) is 12.0. The highest BCUT2D eigenvalue weighted by molar-refractivity contribution is 7.90. The van der Waals surface area contributed by atoms with Gasteiger partial charge in [0.1, 0.15) is 10.7 Å². The number of sulfone groups is 1. The molecule has 1 aromatic heterocycles. The van der Waals surface area contributed by atoms with Crippen molar-refractivity contribution < 1.29 is 13.2 Å². The van der Waals surface area contributed by atoms with Crippen LogP contribution in [0.15, 0.2) is 23.2 Å². The smallest absolute Gasteiger partial charge is 0.179 e. The van der Waals surface area contributed by atoms with Crippen molar-refractivity contribution >= 4 is 15.7 Å². The van der Waals surface area contributed by atoms with Gasteiger partial charge in [-0.15, -0.1) is 0 Å². The minimum atomic E-state index is -3.29. The molecule has 0 aromatic carbocycles. The monoisotopic (exact) mass is 272 g/mol. The maximum atomic E-state index is 11.7. The third kappa shape index (κ3) is 3.96. The van der Waals surface area contributed by atoms with Crippen LogP contribution in [0.3, 0.4) is 0 Å². The Balaban J connectivity index is 3.03. The number of nitrogens with zero attached hydrogens (tertiary/aromatic N) is 1. The molecule has 0 amide bonds. The topological polar surface area (TPSA) is 68.3 Å². The Morgan fingerprint density at radius 2 is 2.11 bits per heavy atom. The summed E-state index contributed by atoms with van der Waals surface area (Å²) < 4.78 is 28.4.